The third-order valence-corrected chi connectivity index (χ3v) is 22.1. The number of rotatable bonds is 27. The van der Waals surface area contributed by atoms with Crippen LogP contribution in [0.5, 0.6) is 0 Å². The van der Waals surface area contributed by atoms with E-state index >= 15 is 0 Å². The Kier molecular flexibility index (Phi) is 41.8. The number of aldehydes is 1. The summed E-state index contributed by atoms with van der Waals surface area (Å²) in [7, 11) is 1.30. The van der Waals surface area contributed by atoms with E-state index in [0.29, 0.717) is 117 Å². The van der Waals surface area contributed by atoms with Crippen molar-refractivity contribution in [3.8, 4) is 0 Å². The molecule has 4 fully saturated rings. The fraction of sp³-hybridized carbons (Fsp3) is 0.350. The van der Waals surface area contributed by atoms with Crippen molar-refractivity contribution < 1.29 is 92.1 Å². The van der Waals surface area contributed by atoms with Gasteiger partial charge in [0.1, 0.15) is 25.1 Å². The zero-order chi connectivity index (χ0) is 84.8. The van der Waals surface area contributed by atoms with Gasteiger partial charge in [0, 0.05) is 94.8 Å². The number of anilines is 2. The molecule has 628 valence electrons. The summed E-state index contributed by atoms with van der Waals surface area (Å²) in [6.07, 6.45) is 3.14. The van der Waals surface area contributed by atoms with E-state index in [-0.39, 0.29) is 78.6 Å². The Bertz CT molecular complexity index is 4470. The van der Waals surface area contributed by atoms with Crippen LogP contribution in [0.3, 0.4) is 0 Å². The first kappa shape index (κ1) is 98.8. The maximum Gasteiger partial charge on any atom is 0.340 e. The van der Waals surface area contributed by atoms with Gasteiger partial charge in [-0.25, -0.2) is 9.59 Å². The number of carbonyl (C=O) groups excluding carboxylic acids is 3. The number of methoxy groups -OCH3 is 1. The third-order valence-electron chi connectivity index (χ3n) is 17.3. The van der Waals surface area contributed by atoms with Crippen LogP contribution in [0.2, 0.25) is 70.3 Å². The van der Waals surface area contributed by atoms with Crippen molar-refractivity contribution in [1.82, 2.24) is 0 Å². The molecule has 8 aromatic carbocycles. The summed E-state index contributed by atoms with van der Waals surface area (Å²) >= 11 is 85.7. The number of nitrogens with zero attached hydrogens (tertiary/aromatic N) is 2. The molecule has 3 saturated heterocycles. The lowest BCUT2D eigenvalue weighted by Gasteiger charge is -2.45. The van der Waals surface area contributed by atoms with Crippen LogP contribution >= 0.6 is 178 Å². The smallest absolute Gasteiger partial charge is 0.340 e. The van der Waals surface area contributed by atoms with Crippen LogP contribution in [0.1, 0.15) is 51.8 Å². The van der Waals surface area contributed by atoms with Crippen LogP contribution in [0.15, 0.2) is 152 Å². The third kappa shape index (κ3) is 30.6. The van der Waals surface area contributed by atoms with Gasteiger partial charge in [-0.2, -0.15) is 0 Å². The van der Waals surface area contributed by atoms with E-state index < -0.39 is 47.7 Å². The largest absolute Gasteiger partial charge is 0.479 e. The van der Waals surface area contributed by atoms with Gasteiger partial charge in [0.25, 0.3) is 5.91 Å². The normalized spacial score (nSPS) is 15.0. The number of carboxylic acids is 1. The molecule has 21 nitrogen and oxygen atoms in total. The molecule has 116 heavy (non-hydrogen) atoms. The number of amides is 1. The number of fused-ring (bicyclic) bond motifs is 1. The van der Waals surface area contributed by atoms with Gasteiger partial charge in [0.2, 0.25) is 11.4 Å². The lowest BCUT2D eigenvalue weighted by molar-refractivity contribution is -0.248. The predicted molar refractivity (Wildman–Crippen MR) is 458 cm³/mol. The van der Waals surface area contributed by atoms with E-state index in [1.165, 1.54) is 20.0 Å². The molecule has 0 spiro atoms. The van der Waals surface area contributed by atoms with Gasteiger partial charge in [0.05, 0.1) is 118 Å². The molecular formula is C80H79BrCl14N2O19. The number of aliphatic carboxylic acids is 1. The minimum atomic E-state index is -1.97. The topological polar surface area (TPSA) is 268 Å². The van der Waals surface area contributed by atoms with Crippen LogP contribution in [0.4, 0.5) is 11.4 Å². The van der Waals surface area contributed by atoms with Crippen LogP contribution in [-0.4, -0.2) is 171 Å². The molecule has 1 saturated carbocycles. The van der Waals surface area contributed by atoms with Gasteiger partial charge in [-0.3, -0.25) is 4.79 Å². The Morgan fingerprint density at radius 3 is 1.18 bits per heavy atom. The summed E-state index contributed by atoms with van der Waals surface area (Å²) in [6, 6.07) is 44.5. The number of esters is 1. The van der Waals surface area contributed by atoms with Gasteiger partial charge in [-0.15, -0.1) is 0 Å². The zero-order valence-corrected chi connectivity index (χ0v) is 73.8. The van der Waals surface area contributed by atoms with Crippen molar-refractivity contribution in [2.24, 2.45) is 0 Å². The number of ether oxygens (including phenoxy) is 10. The number of benzene rings is 8. The standard InChI is InChI=1S/C22H22Cl2N2O3.C11H10Cl2O4.C11H12Cl2O3.C10H12Cl2O4.C10H10Cl2O3.C9H8Cl2O2.C7H5BrCl2/c23-16-5-8-18(24)15(11-16)12-29-22(13-28-14-22)21(27)26-10-9-25(17-6-7-17)19-3-1-2-4-20(19)26;12-8-1-2-9(13)7(3-8)4-17-11(10(14)15)5-16-6-11;12-9-1-2-10(13)8(3-9)4-16-11(5-14)6-15-7-11;11-8-1-2-9(12)7(3-8)4-16-10(15,5-13)6-14;1-14-10(13)6-15-5-7-4-8(11)2-3-9(7)12;10-8-1-2-9(11)7(5-8)6-13-4-3-12;8-4-5-3-6(9)1-2-7(5)10/h1-5,8,11,17H,6-7,9-10,12-14H2;1-3H,4-6H2,(H,14,15);1-3,14H,4-7H2;1-3,13-15H,4-6H2;2-4H,5-6H2,1H3;1-3,5H,4,6H2;1-3H,4H2. The molecule has 13 rings (SSSR count). The van der Waals surface area contributed by atoms with E-state index in [2.05, 4.69) is 31.6 Å². The molecule has 36 heteroatoms. The number of carbonyl (C=O) groups is 4. The Labute approximate surface area is 749 Å². The first-order chi connectivity index (χ1) is 55.4. The number of para-hydroxylation sites is 2. The van der Waals surface area contributed by atoms with Crippen LogP contribution in [0, 0.1) is 0 Å². The summed E-state index contributed by atoms with van der Waals surface area (Å²) < 4.78 is 51.9. The highest BCUT2D eigenvalue weighted by atomic mass is 79.9. The Morgan fingerprint density at radius 1 is 0.483 bits per heavy atom. The predicted octanol–water partition coefficient (Wildman–Crippen LogP) is 19.4. The number of alkyl halides is 1. The molecule has 5 aliphatic rings. The fourth-order valence-corrected chi connectivity index (χ4v) is 13.6. The van der Waals surface area contributed by atoms with Crippen molar-refractivity contribution in [2.75, 3.05) is 103 Å². The van der Waals surface area contributed by atoms with Gasteiger partial charge >= 0.3 is 11.9 Å². The maximum atomic E-state index is 13.6. The molecule has 1 amide bonds. The van der Waals surface area contributed by atoms with Crippen LogP contribution in [0.25, 0.3) is 0 Å². The summed E-state index contributed by atoms with van der Waals surface area (Å²) in [5, 5.41) is 54.1. The van der Waals surface area contributed by atoms with Crippen molar-refractivity contribution in [2.45, 2.75) is 86.4 Å². The minimum absolute atomic E-state index is 0.0504. The highest BCUT2D eigenvalue weighted by molar-refractivity contribution is 9.08. The van der Waals surface area contributed by atoms with E-state index in [0.717, 1.165) is 61.1 Å². The Balaban J connectivity index is 0.000000192. The van der Waals surface area contributed by atoms with Crippen LogP contribution < -0.4 is 9.80 Å². The highest BCUT2D eigenvalue weighted by Crippen LogP contribution is 2.42. The van der Waals surface area contributed by atoms with Crippen molar-refractivity contribution in [3.63, 3.8) is 0 Å². The van der Waals surface area contributed by atoms with E-state index in [1.54, 1.807) is 121 Å². The Morgan fingerprint density at radius 2 is 0.845 bits per heavy atom. The molecule has 1 aliphatic carbocycles. The van der Waals surface area contributed by atoms with Gasteiger partial charge in [-0.05, 0) is 191 Å². The molecule has 0 atom stereocenters. The first-order valence-electron chi connectivity index (χ1n) is 34.9. The molecule has 0 radical (unpaired) electrons. The lowest BCUT2D eigenvalue weighted by atomic mass is 9.98. The fourth-order valence-electron chi connectivity index (χ4n) is 10.4. The van der Waals surface area contributed by atoms with Gasteiger partial charge in [0.15, 0.2) is 5.60 Å². The SMILES string of the molecule is COC(=O)COCc1cc(Cl)ccc1Cl.Clc1ccc(Cl)c(CBr)c1.O=C(N1CCN(C2CC2)c2ccccc21)C1(OCc2cc(Cl)ccc2Cl)COC1.O=C(O)C1(OCc2cc(Cl)ccc2Cl)COC1.O=CCOCc1cc(Cl)ccc1Cl.OCC(O)(CO)OCc1cc(Cl)ccc1Cl.OCC1(OCc2cc(Cl)ccc2Cl)COC1. The summed E-state index contributed by atoms with van der Waals surface area (Å²) in [5.41, 5.74) is 4.64. The lowest BCUT2D eigenvalue weighted by Crippen LogP contribution is -2.64. The number of hydrogen-bond donors (Lipinski definition) is 5. The minimum Gasteiger partial charge on any atom is -0.479 e. The summed E-state index contributed by atoms with van der Waals surface area (Å²) in [6.45, 7) is 2.53. The molecule has 4 aliphatic heterocycles. The monoisotopic (exact) mass is 1940 g/mol. The molecule has 4 heterocycles. The van der Waals surface area contributed by atoms with Crippen LogP contribution in [-0.2, 0) is 112 Å². The zero-order valence-electron chi connectivity index (χ0n) is 61.7. The second-order valence-corrected chi connectivity index (χ2v) is 32.4. The number of aliphatic hydroxyl groups excluding tert-OH is 3. The molecule has 0 aromatic heterocycles. The Hall–Kier alpha value is -4.34. The number of hydrogen-bond acceptors (Lipinski definition) is 19. The number of carboxylic acid groups (broad SMARTS) is 1. The van der Waals surface area contributed by atoms with Gasteiger partial charge in [-0.1, -0.05) is 190 Å². The van der Waals surface area contributed by atoms with E-state index in [1.807, 2.05) is 29.2 Å². The summed E-state index contributed by atoms with van der Waals surface area (Å²) in [5.74, 6) is -3.47. The summed E-state index contributed by atoms with van der Waals surface area (Å²) in [4.78, 5) is 49.6. The first-order valence-corrected chi connectivity index (χ1v) is 41.3. The van der Waals surface area contributed by atoms with E-state index in [9.17, 15) is 29.4 Å². The second kappa shape index (κ2) is 49.1. The second-order valence-electron chi connectivity index (χ2n) is 25.9. The van der Waals surface area contributed by atoms with Crippen molar-refractivity contribution >= 4 is 214 Å². The number of aliphatic hydroxyl groups is 4. The van der Waals surface area contributed by atoms with Crippen molar-refractivity contribution in [3.05, 3.63) is 261 Å². The van der Waals surface area contributed by atoms with Gasteiger partial charge < -0.3 is 87.5 Å². The van der Waals surface area contributed by atoms with Crippen molar-refractivity contribution in [1.29, 1.82) is 0 Å². The molecule has 0 unspecified atom stereocenters. The average Bonchev–Trinajstić information content (AvgIpc) is 0.815. The van der Waals surface area contributed by atoms with E-state index in [4.69, 9.17) is 220 Å². The molecule has 0 bridgehead atoms. The molecular weight excluding hydrogens is 1870 g/mol. The maximum absolute atomic E-state index is 13.6. The highest BCUT2D eigenvalue weighted by Gasteiger charge is 2.52. The molecule has 5 N–H and O–H groups in total. The molecule has 8 aromatic rings. The quantitative estimate of drug-likeness (QED) is 0.0105. The average molecular weight is 1950 g/mol. The number of halogens is 15.